The molecule has 1 atom stereocenters. The van der Waals surface area contributed by atoms with Crippen LogP contribution in [0.5, 0.6) is 0 Å². The second-order valence-electron chi connectivity index (χ2n) is 6.32. The topological polar surface area (TPSA) is 25.6 Å². The lowest BCUT2D eigenvalue weighted by atomic mass is 10.1. The number of hydrogen-bond donors (Lipinski definition) is 0. The van der Waals surface area contributed by atoms with Crippen LogP contribution in [0.15, 0.2) is 46.9 Å². The van der Waals surface area contributed by atoms with Crippen molar-refractivity contribution in [3.63, 3.8) is 0 Å². The van der Waals surface area contributed by atoms with Gasteiger partial charge in [-0.2, -0.15) is 0 Å². The van der Waals surface area contributed by atoms with Crippen LogP contribution < -0.4 is 0 Å². The second kappa shape index (κ2) is 5.75. The summed E-state index contributed by atoms with van der Waals surface area (Å²) in [7, 11) is 2.18. The summed E-state index contributed by atoms with van der Waals surface area (Å²) in [6.45, 7) is 3.81. The fraction of sp³-hybridized carbons (Fsp3) is 0.368. The van der Waals surface area contributed by atoms with Crippen molar-refractivity contribution in [2.75, 3.05) is 26.8 Å². The van der Waals surface area contributed by atoms with E-state index in [2.05, 4.69) is 42.3 Å². The summed E-state index contributed by atoms with van der Waals surface area (Å²) in [6.07, 6.45) is 1.18. The normalized spacial score (nSPS) is 18.7. The summed E-state index contributed by atoms with van der Waals surface area (Å²) in [4.78, 5) is 2.38. The van der Waals surface area contributed by atoms with E-state index in [0.29, 0.717) is 5.92 Å². The van der Waals surface area contributed by atoms with Crippen LogP contribution in [0.3, 0.4) is 0 Å². The summed E-state index contributed by atoms with van der Waals surface area (Å²) >= 11 is 0. The number of rotatable bonds is 4. The molecule has 3 heteroatoms. The molecule has 1 aliphatic rings. The number of hydrogen-bond acceptors (Lipinski definition) is 3. The van der Waals surface area contributed by atoms with E-state index in [4.69, 9.17) is 9.15 Å². The van der Waals surface area contributed by atoms with E-state index >= 15 is 0 Å². The highest BCUT2D eigenvalue weighted by Crippen LogP contribution is 2.31. The minimum atomic E-state index is 0.667. The lowest BCUT2D eigenvalue weighted by molar-refractivity contribution is 0.173. The number of para-hydroxylation sites is 2. The van der Waals surface area contributed by atoms with Crippen molar-refractivity contribution in [2.24, 2.45) is 5.92 Å². The Kier molecular flexibility index (Phi) is 3.60. The average Bonchev–Trinajstić information content (AvgIpc) is 3.15. The van der Waals surface area contributed by atoms with Gasteiger partial charge in [0.2, 0.25) is 0 Å². The Labute approximate surface area is 130 Å². The van der Waals surface area contributed by atoms with Crippen LogP contribution in [0.1, 0.15) is 12.0 Å². The van der Waals surface area contributed by atoms with Gasteiger partial charge < -0.3 is 14.1 Å². The summed E-state index contributed by atoms with van der Waals surface area (Å²) < 4.78 is 11.6. The highest BCUT2D eigenvalue weighted by Gasteiger charge is 2.18. The van der Waals surface area contributed by atoms with Gasteiger partial charge in [-0.05, 0) is 25.5 Å². The predicted octanol–water partition coefficient (Wildman–Crippen LogP) is 4.05. The molecule has 0 spiro atoms. The molecule has 2 aromatic carbocycles. The third-order valence-electron chi connectivity index (χ3n) is 4.52. The molecule has 1 saturated heterocycles. The maximum Gasteiger partial charge on any atom is 0.139 e. The third kappa shape index (κ3) is 2.51. The van der Waals surface area contributed by atoms with E-state index in [1.165, 1.54) is 22.8 Å². The van der Waals surface area contributed by atoms with Crippen LogP contribution in [-0.4, -0.2) is 31.7 Å². The molecule has 4 rings (SSSR count). The van der Waals surface area contributed by atoms with Crippen molar-refractivity contribution in [1.29, 1.82) is 0 Å². The molecule has 0 saturated carbocycles. The molecule has 1 aliphatic heterocycles. The Bertz CT molecular complexity index is 786. The molecular weight excluding hydrogens is 274 g/mol. The van der Waals surface area contributed by atoms with Crippen LogP contribution in [0.4, 0.5) is 0 Å². The summed E-state index contributed by atoms with van der Waals surface area (Å²) in [6, 6.07) is 14.7. The van der Waals surface area contributed by atoms with Gasteiger partial charge in [0, 0.05) is 36.0 Å². The first-order valence-corrected chi connectivity index (χ1v) is 7.96. The highest BCUT2D eigenvalue weighted by molar-refractivity contribution is 6.05. The van der Waals surface area contributed by atoms with Gasteiger partial charge in [0.1, 0.15) is 11.2 Å². The molecule has 0 bridgehead atoms. The maximum atomic E-state index is 6.10. The van der Waals surface area contributed by atoms with Crippen molar-refractivity contribution >= 4 is 21.9 Å². The van der Waals surface area contributed by atoms with Gasteiger partial charge >= 0.3 is 0 Å². The number of ether oxygens (including phenoxy) is 1. The second-order valence-corrected chi connectivity index (χ2v) is 6.32. The van der Waals surface area contributed by atoms with E-state index in [1.54, 1.807) is 0 Å². The molecule has 2 heterocycles. The third-order valence-corrected chi connectivity index (χ3v) is 4.52. The monoisotopic (exact) mass is 295 g/mol. The smallest absolute Gasteiger partial charge is 0.139 e. The Hall–Kier alpha value is -1.84. The standard InChI is InChI=1S/C19H21NO2/c1-20(11-14-9-10-21-13-14)12-15-5-4-7-17-16-6-2-3-8-18(16)22-19(15)17/h2-8,14H,9-13H2,1H3. The number of nitrogens with zero attached hydrogens (tertiary/aromatic N) is 1. The highest BCUT2D eigenvalue weighted by atomic mass is 16.5. The summed E-state index contributed by atoms with van der Waals surface area (Å²) in [5.41, 5.74) is 3.25. The summed E-state index contributed by atoms with van der Waals surface area (Å²) in [5.74, 6) is 0.667. The van der Waals surface area contributed by atoms with E-state index in [-0.39, 0.29) is 0 Å². The molecule has 0 amide bonds. The van der Waals surface area contributed by atoms with Gasteiger partial charge in [-0.25, -0.2) is 0 Å². The predicted molar refractivity (Wildman–Crippen MR) is 89.0 cm³/mol. The van der Waals surface area contributed by atoms with E-state index in [9.17, 15) is 0 Å². The van der Waals surface area contributed by atoms with Gasteiger partial charge in [-0.3, -0.25) is 0 Å². The van der Waals surface area contributed by atoms with Crippen molar-refractivity contribution in [3.8, 4) is 0 Å². The SMILES string of the molecule is CN(Cc1cccc2c1oc1ccccc12)CC1CCOC1. The molecule has 114 valence electrons. The Morgan fingerprint density at radius 2 is 1.95 bits per heavy atom. The van der Waals surface area contributed by atoms with Crippen molar-refractivity contribution in [2.45, 2.75) is 13.0 Å². The van der Waals surface area contributed by atoms with E-state index < -0.39 is 0 Å². The minimum Gasteiger partial charge on any atom is -0.456 e. The first-order chi connectivity index (χ1) is 10.8. The van der Waals surface area contributed by atoms with Crippen molar-refractivity contribution in [1.82, 2.24) is 4.90 Å². The zero-order valence-corrected chi connectivity index (χ0v) is 12.9. The Balaban J connectivity index is 1.63. The van der Waals surface area contributed by atoms with Gasteiger partial charge in [0.05, 0.1) is 6.61 Å². The quantitative estimate of drug-likeness (QED) is 0.726. The number of furan rings is 1. The van der Waals surface area contributed by atoms with Crippen LogP contribution in [-0.2, 0) is 11.3 Å². The fourth-order valence-electron chi connectivity index (χ4n) is 3.45. The average molecular weight is 295 g/mol. The van der Waals surface area contributed by atoms with Crippen molar-refractivity contribution < 1.29 is 9.15 Å². The van der Waals surface area contributed by atoms with Crippen LogP contribution in [0, 0.1) is 5.92 Å². The molecule has 0 aliphatic carbocycles. The molecule has 0 N–H and O–H groups in total. The first kappa shape index (κ1) is 13.8. The maximum absolute atomic E-state index is 6.10. The van der Waals surface area contributed by atoms with Gasteiger partial charge in [0.15, 0.2) is 0 Å². The lowest BCUT2D eigenvalue weighted by Gasteiger charge is -2.20. The van der Waals surface area contributed by atoms with Crippen LogP contribution >= 0.6 is 0 Å². The Morgan fingerprint density at radius 1 is 1.09 bits per heavy atom. The largest absolute Gasteiger partial charge is 0.456 e. The minimum absolute atomic E-state index is 0.667. The lowest BCUT2D eigenvalue weighted by Crippen LogP contribution is -2.25. The first-order valence-electron chi connectivity index (χ1n) is 7.96. The number of fused-ring (bicyclic) bond motifs is 3. The van der Waals surface area contributed by atoms with Crippen LogP contribution in [0.2, 0.25) is 0 Å². The zero-order chi connectivity index (χ0) is 14.9. The molecule has 3 aromatic rings. The number of benzene rings is 2. The van der Waals surface area contributed by atoms with Gasteiger partial charge in [-0.1, -0.05) is 36.4 Å². The molecule has 22 heavy (non-hydrogen) atoms. The van der Waals surface area contributed by atoms with E-state index in [0.717, 1.165) is 37.5 Å². The van der Waals surface area contributed by atoms with Gasteiger partial charge in [-0.15, -0.1) is 0 Å². The fourth-order valence-corrected chi connectivity index (χ4v) is 3.45. The molecule has 1 aromatic heterocycles. The summed E-state index contributed by atoms with van der Waals surface area (Å²) in [5, 5.41) is 2.41. The van der Waals surface area contributed by atoms with Crippen molar-refractivity contribution in [3.05, 3.63) is 48.0 Å². The van der Waals surface area contributed by atoms with Gasteiger partial charge in [0.25, 0.3) is 0 Å². The van der Waals surface area contributed by atoms with Crippen LogP contribution in [0.25, 0.3) is 21.9 Å². The molecule has 1 fully saturated rings. The molecular formula is C19H21NO2. The Morgan fingerprint density at radius 3 is 2.82 bits per heavy atom. The molecule has 1 unspecified atom stereocenters. The molecule has 3 nitrogen and oxygen atoms in total. The molecule has 0 radical (unpaired) electrons. The van der Waals surface area contributed by atoms with E-state index in [1.807, 2.05) is 12.1 Å². The zero-order valence-electron chi connectivity index (χ0n) is 12.9.